The molecule has 2 heterocycles. The molecule has 0 spiro atoms. The van der Waals surface area contributed by atoms with Crippen LogP contribution < -0.4 is 5.32 Å². The molecule has 1 N–H and O–H groups in total. The highest BCUT2D eigenvalue weighted by Gasteiger charge is 2.26. The Morgan fingerprint density at radius 3 is 3.15 bits per heavy atom. The molecule has 1 aromatic heterocycles. The minimum Gasteiger partial charge on any atom is -0.313 e. The fourth-order valence-electron chi connectivity index (χ4n) is 1.72. The van der Waals surface area contributed by atoms with Crippen LogP contribution in [0.15, 0.2) is 11.7 Å². The van der Waals surface area contributed by atoms with Crippen LogP contribution in [0.4, 0.5) is 0 Å². The van der Waals surface area contributed by atoms with Gasteiger partial charge in [0, 0.05) is 30.2 Å². The van der Waals surface area contributed by atoms with Gasteiger partial charge < -0.3 is 5.32 Å². The first-order valence-electron chi connectivity index (χ1n) is 4.60. The van der Waals surface area contributed by atoms with E-state index in [0.29, 0.717) is 12.1 Å². The van der Waals surface area contributed by atoms with Gasteiger partial charge in [0.25, 0.3) is 0 Å². The summed E-state index contributed by atoms with van der Waals surface area (Å²) in [5.74, 6) is 0. The lowest BCUT2D eigenvalue weighted by Gasteiger charge is -2.37. The molecule has 0 radical (unpaired) electrons. The predicted molar refractivity (Wildman–Crippen MR) is 54.9 cm³/mol. The second kappa shape index (κ2) is 3.74. The summed E-state index contributed by atoms with van der Waals surface area (Å²) in [6.45, 7) is 4.38. The van der Waals surface area contributed by atoms with E-state index in [9.17, 15) is 0 Å². The monoisotopic (exact) mass is 197 g/mol. The Balaban J connectivity index is 2.14. The first-order valence-corrected chi connectivity index (χ1v) is 5.48. The fourth-order valence-corrected chi connectivity index (χ4v) is 2.49. The topological polar surface area (TPSA) is 28.2 Å². The average molecular weight is 197 g/mol. The number of thiazole rings is 1. The number of rotatable bonds is 1. The molecular formula is C9H15N3S. The van der Waals surface area contributed by atoms with Crippen molar-refractivity contribution in [2.24, 2.45) is 0 Å². The van der Waals surface area contributed by atoms with Crippen molar-refractivity contribution in [2.45, 2.75) is 19.0 Å². The summed E-state index contributed by atoms with van der Waals surface area (Å²) in [6.07, 6.45) is 1.98. The predicted octanol–water partition coefficient (Wildman–Crippen LogP) is 1.11. The summed E-state index contributed by atoms with van der Waals surface area (Å²) in [5, 5.41) is 3.44. The van der Waals surface area contributed by atoms with Crippen LogP contribution in [0, 0.1) is 0 Å². The van der Waals surface area contributed by atoms with Crippen molar-refractivity contribution in [3.8, 4) is 0 Å². The molecule has 1 saturated heterocycles. The Morgan fingerprint density at radius 1 is 1.62 bits per heavy atom. The maximum Gasteiger partial charge on any atom is 0.0794 e. The van der Waals surface area contributed by atoms with Crippen molar-refractivity contribution in [3.05, 3.63) is 16.6 Å². The minimum absolute atomic E-state index is 0.510. The maximum atomic E-state index is 4.12. The zero-order chi connectivity index (χ0) is 9.26. The van der Waals surface area contributed by atoms with E-state index in [1.807, 2.05) is 11.7 Å². The first-order chi connectivity index (χ1) is 6.29. The molecule has 0 bridgehead atoms. The molecule has 13 heavy (non-hydrogen) atoms. The molecule has 0 aromatic carbocycles. The van der Waals surface area contributed by atoms with Gasteiger partial charge in [-0.05, 0) is 14.0 Å². The molecule has 1 aromatic rings. The van der Waals surface area contributed by atoms with Crippen LogP contribution in [0.2, 0.25) is 0 Å². The van der Waals surface area contributed by atoms with Gasteiger partial charge in [-0.15, -0.1) is 11.3 Å². The van der Waals surface area contributed by atoms with Crippen LogP contribution in [0.1, 0.15) is 17.8 Å². The van der Waals surface area contributed by atoms with Crippen LogP contribution in [-0.2, 0) is 0 Å². The van der Waals surface area contributed by atoms with E-state index < -0.39 is 0 Å². The van der Waals surface area contributed by atoms with Gasteiger partial charge in [0.05, 0.1) is 11.6 Å². The summed E-state index contributed by atoms with van der Waals surface area (Å²) >= 11 is 1.74. The largest absolute Gasteiger partial charge is 0.313 e. The van der Waals surface area contributed by atoms with Gasteiger partial charge in [-0.3, -0.25) is 9.88 Å². The highest BCUT2D eigenvalue weighted by Crippen LogP contribution is 2.25. The smallest absolute Gasteiger partial charge is 0.0794 e. The van der Waals surface area contributed by atoms with Crippen LogP contribution in [-0.4, -0.2) is 36.1 Å². The first kappa shape index (κ1) is 9.12. The van der Waals surface area contributed by atoms with Gasteiger partial charge in [-0.25, -0.2) is 0 Å². The third-order valence-electron chi connectivity index (χ3n) is 2.74. The third-order valence-corrected chi connectivity index (χ3v) is 3.62. The number of nitrogens with zero attached hydrogens (tertiary/aromatic N) is 2. The second-order valence-corrected chi connectivity index (χ2v) is 4.51. The summed E-state index contributed by atoms with van der Waals surface area (Å²) < 4.78 is 0. The number of likely N-dealkylation sites (N-methyl/N-ethyl adjacent to an activating group) is 1. The summed E-state index contributed by atoms with van der Waals surface area (Å²) in [6, 6.07) is 1.12. The number of piperazine rings is 1. The molecule has 2 atom stereocenters. The SMILES string of the molecule is CC1CNCC(c2cncs2)N1C. The molecule has 4 heteroatoms. The lowest BCUT2D eigenvalue weighted by molar-refractivity contribution is 0.143. The standard InChI is InChI=1S/C9H15N3S/c1-7-3-10-4-8(12(7)2)9-5-11-6-13-9/h5-8,10H,3-4H2,1-2H3. The van der Waals surface area contributed by atoms with E-state index >= 15 is 0 Å². The van der Waals surface area contributed by atoms with Gasteiger partial charge in [0.15, 0.2) is 0 Å². The molecular weight excluding hydrogens is 182 g/mol. The Morgan fingerprint density at radius 2 is 2.46 bits per heavy atom. The molecule has 72 valence electrons. The van der Waals surface area contributed by atoms with E-state index in [0.717, 1.165) is 13.1 Å². The molecule has 3 nitrogen and oxygen atoms in total. The van der Waals surface area contributed by atoms with Crippen molar-refractivity contribution in [3.63, 3.8) is 0 Å². The van der Waals surface area contributed by atoms with E-state index in [1.165, 1.54) is 4.88 Å². The molecule has 1 aliphatic heterocycles. The number of nitrogens with one attached hydrogen (secondary N) is 1. The number of hydrogen-bond donors (Lipinski definition) is 1. The molecule has 2 unspecified atom stereocenters. The quantitative estimate of drug-likeness (QED) is 0.731. The van der Waals surface area contributed by atoms with Gasteiger partial charge in [0.1, 0.15) is 0 Å². The molecule has 0 saturated carbocycles. The van der Waals surface area contributed by atoms with E-state index in [-0.39, 0.29) is 0 Å². The van der Waals surface area contributed by atoms with Gasteiger partial charge in [-0.2, -0.15) is 0 Å². The summed E-state index contributed by atoms with van der Waals surface area (Å²) in [7, 11) is 2.19. The Bertz CT molecular complexity index is 260. The van der Waals surface area contributed by atoms with Crippen LogP contribution in [0.25, 0.3) is 0 Å². The maximum absolute atomic E-state index is 4.12. The Kier molecular flexibility index (Phi) is 2.62. The lowest BCUT2D eigenvalue weighted by Crippen LogP contribution is -2.49. The molecule has 0 aliphatic carbocycles. The summed E-state index contributed by atoms with van der Waals surface area (Å²) in [5.41, 5.74) is 1.91. The zero-order valence-corrected chi connectivity index (χ0v) is 8.84. The van der Waals surface area contributed by atoms with Gasteiger partial charge in [-0.1, -0.05) is 0 Å². The molecule has 0 amide bonds. The van der Waals surface area contributed by atoms with Crippen molar-refractivity contribution in [2.75, 3.05) is 20.1 Å². The van der Waals surface area contributed by atoms with Gasteiger partial charge >= 0.3 is 0 Å². The van der Waals surface area contributed by atoms with E-state index in [4.69, 9.17) is 0 Å². The number of aromatic nitrogens is 1. The van der Waals surface area contributed by atoms with E-state index in [2.05, 4.69) is 29.2 Å². The molecule has 1 aliphatic rings. The molecule has 2 rings (SSSR count). The van der Waals surface area contributed by atoms with Crippen molar-refractivity contribution < 1.29 is 0 Å². The Labute approximate surface area is 82.8 Å². The van der Waals surface area contributed by atoms with Gasteiger partial charge in [0.2, 0.25) is 0 Å². The summed E-state index contributed by atoms with van der Waals surface area (Å²) in [4.78, 5) is 7.90. The second-order valence-electron chi connectivity index (χ2n) is 3.59. The van der Waals surface area contributed by atoms with Crippen molar-refractivity contribution in [1.29, 1.82) is 0 Å². The number of hydrogen-bond acceptors (Lipinski definition) is 4. The normalized spacial score (nSPS) is 30.6. The van der Waals surface area contributed by atoms with Crippen LogP contribution in [0.5, 0.6) is 0 Å². The minimum atomic E-state index is 0.510. The highest BCUT2D eigenvalue weighted by molar-refractivity contribution is 7.09. The average Bonchev–Trinajstić information content (AvgIpc) is 2.62. The fraction of sp³-hybridized carbons (Fsp3) is 0.667. The Hall–Kier alpha value is -0.450. The highest BCUT2D eigenvalue weighted by atomic mass is 32.1. The van der Waals surface area contributed by atoms with Crippen molar-refractivity contribution >= 4 is 11.3 Å². The third kappa shape index (κ3) is 1.75. The van der Waals surface area contributed by atoms with E-state index in [1.54, 1.807) is 11.3 Å². The van der Waals surface area contributed by atoms with Crippen molar-refractivity contribution in [1.82, 2.24) is 15.2 Å². The van der Waals surface area contributed by atoms with Crippen LogP contribution >= 0.6 is 11.3 Å². The molecule has 1 fully saturated rings. The zero-order valence-electron chi connectivity index (χ0n) is 8.03. The van der Waals surface area contributed by atoms with Crippen LogP contribution in [0.3, 0.4) is 0 Å². The lowest BCUT2D eigenvalue weighted by atomic mass is 10.1.